The lowest BCUT2D eigenvalue weighted by Gasteiger charge is -1.88. The summed E-state index contributed by atoms with van der Waals surface area (Å²) in [5.41, 5.74) is 1.50. The van der Waals surface area contributed by atoms with Crippen molar-refractivity contribution >= 4 is 12.6 Å². The van der Waals surface area contributed by atoms with Gasteiger partial charge in [0.2, 0.25) is 0 Å². The molecular formula is C6H10S. The molecule has 0 nitrogen and oxygen atoms in total. The predicted octanol–water partition coefficient (Wildman–Crippen LogP) is 2.02. The second kappa shape index (κ2) is 1.91. The second-order valence-corrected chi connectivity index (χ2v) is 2.78. The van der Waals surface area contributed by atoms with Crippen LogP contribution < -0.4 is 0 Å². The lowest BCUT2D eigenvalue weighted by Crippen LogP contribution is -1.81. The Morgan fingerprint density at radius 1 is 1.86 bits per heavy atom. The molecule has 0 bridgehead atoms. The molecule has 0 saturated heterocycles. The van der Waals surface area contributed by atoms with Crippen LogP contribution in [-0.2, 0) is 0 Å². The highest BCUT2D eigenvalue weighted by atomic mass is 32.1. The molecule has 7 heavy (non-hydrogen) atoms. The van der Waals surface area contributed by atoms with Gasteiger partial charge in [-0.15, -0.1) is 0 Å². The summed E-state index contributed by atoms with van der Waals surface area (Å²) < 4.78 is 0. The van der Waals surface area contributed by atoms with Gasteiger partial charge >= 0.3 is 0 Å². The molecule has 1 heteroatoms. The summed E-state index contributed by atoms with van der Waals surface area (Å²) in [6.07, 6.45) is 4.73. The SMILES string of the molecule is CC1=CC(S)CC1. The first-order valence-electron chi connectivity index (χ1n) is 2.64. The van der Waals surface area contributed by atoms with E-state index < -0.39 is 0 Å². The van der Waals surface area contributed by atoms with Crippen molar-refractivity contribution in [3.8, 4) is 0 Å². The Morgan fingerprint density at radius 2 is 2.57 bits per heavy atom. The summed E-state index contributed by atoms with van der Waals surface area (Å²) in [5, 5.41) is 0.556. The van der Waals surface area contributed by atoms with Gasteiger partial charge in [0.05, 0.1) is 0 Å². The van der Waals surface area contributed by atoms with Crippen molar-refractivity contribution < 1.29 is 0 Å². The maximum atomic E-state index is 4.28. The zero-order valence-electron chi connectivity index (χ0n) is 4.52. The van der Waals surface area contributed by atoms with E-state index in [2.05, 4.69) is 25.6 Å². The quantitative estimate of drug-likeness (QED) is 0.361. The molecule has 1 aliphatic rings. The number of allylic oxidation sites excluding steroid dienone is 1. The molecule has 0 amide bonds. The van der Waals surface area contributed by atoms with Crippen LogP contribution in [0.5, 0.6) is 0 Å². The molecule has 1 rings (SSSR count). The molecule has 1 atom stereocenters. The van der Waals surface area contributed by atoms with Gasteiger partial charge in [0, 0.05) is 5.25 Å². The van der Waals surface area contributed by atoms with Crippen molar-refractivity contribution in [1.82, 2.24) is 0 Å². The minimum Gasteiger partial charge on any atom is -0.172 e. The Kier molecular flexibility index (Phi) is 1.43. The van der Waals surface area contributed by atoms with E-state index in [1.807, 2.05) is 0 Å². The van der Waals surface area contributed by atoms with Crippen LogP contribution in [0.3, 0.4) is 0 Å². The van der Waals surface area contributed by atoms with E-state index in [1.165, 1.54) is 18.4 Å². The minimum absolute atomic E-state index is 0.556. The largest absolute Gasteiger partial charge is 0.172 e. The summed E-state index contributed by atoms with van der Waals surface area (Å²) in [4.78, 5) is 0. The topological polar surface area (TPSA) is 0 Å². The van der Waals surface area contributed by atoms with Crippen LogP contribution in [0, 0.1) is 0 Å². The van der Waals surface area contributed by atoms with Gasteiger partial charge in [0.1, 0.15) is 0 Å². The third-order valence-corrected chi connectivity index (χ3v) is 1.72. The molecule has 0 aliphatic heterocycles. The molecule has 0 spiro atoms. The van der Waals surface area contributed by atoms with Crippen molar-refractivity contribution in [2.24, 2.45) is 0 Å². The van der Waals surface area contributed by atoms with Gasteiger partial charge in [-0.05, 0) is 19.8 Å². The summed E-state index contributed by atoms with van der Waals surface area (Å²) in [6, 6.07) is 0. The van der Waals surface area contributed by atoms with Gasteiger partial charge in [-0.3, -0.25) is 0 Å². The van der Waals surface area contributed by atoms with Crippen molar-refractivity contribution in [3.63, 3.8) is 0 Å². The summed E-state index contributed by atoms with van der Waals surface area (Å²) >= 11 is 4.28. The van der Waals surface area contributed by atoms with E-state index in [0.29, 0.717) is 5.25 Å². The zero-order valence-corrected chi connectivity index (χ0v) is 5.41. The smallest absolute Gasteiger partial charge is 0.0202 e. The monoisotopic (exact) mass is 114 g/mol. The van der Waals surface area contributed by atoms with Crippen LogP contribution >= 0.6 is 12.6 Å². The summed E-state index contributed by atoms with van der Waals surface area (Å²) in [5.74, 6) is 0. The molecule has 0 saturated carbocycles. The standard InChI is InChI=1S/C6H10S/c1-5-2-3-6(7)4-5/h4,6-7H,2-3H2,1H3. The van der Waals surface area contributed by atoms with E-state index >= 15 is 0 Å². The fourth-order valence-corrected chi connectivity index (χ4v) is 1.25. The number of thiol groups is 1. The lowest BCUT2D eigenvalue weighted by atomic mass is 10.3. The van der Waals surface area contributed by atoms with E-state index in [-0.39, 0.29) is 0 Å². The van der Waals surface area contributed by atoms with Crippen LogP contribution in [0.15, 0.2) is 11.6 Å². The predicted molar refractivity (Wildman–Crippen MR) is 35.8 cm³/mol. The molecule has 1 unspecified atom stereocenters. The molecule has 40 valence electrons. The van der Waals surface area contributed by atoms with Crippen LogP contribution in [0.4, 0.5) is 0 Å². The van der Waals surface area contributed by atoms with Crippen molar-refractivity contribution in [2.75, 3.05) is 0 Å². The Morgan fingerprint density at radius 3 is 2.71 bits per heavy atom. The first-order valence-corrected chi connectivity index (χ1v) is 3.16. The van der Waals surface area contributed by atoms with Gasteiger partial charge < -0.3 is 0 Å². The fraction of sp³-hybridized carbons (Fsp3) is 0.667. The third-order valence-electron chi connectivity index (χ3n) is 1.31. The van der Waals surface area contributed by atoms with Gasteiger partial charge in [-0.1, -0.05) is 11.6 Å². The van der Waals surface area contributed by atoms with Crippen molar-refractivity contribution in [3.05, 3.63) is 11.6 Å². The van der Waals surface area contributed by atoms with Crippen molar-refractivity contribution in [2.45, 2.75) is 25.0 Å². The van der Waals surface area contributed by atoms with Crippen molar-refractivity contribution in [1.29, 1.82) is 0 Å². The zero-order chi connectivity index (χ0) is 5.28. The average molecular weight is 114 g/mol. The number of hydrogen-bond donors (Lipinski definition) is 1. The van der Waals surface area contributed by atoms with E-state index in [4.69, 9.17) is 0 Å². The molecule has 0 radical (unpaired) electrons. The first-order chi connectivity index (χ1) is 3.29. The molecule has 0 aromatic rings. The number of rotatable bonds is 0. The first kappa shape index (κ1) is 5.23. The molecule has 0 fully saturated rings. The molecule has 0 aromatic carbocycles. The summed E-state index contributed by atoms with van der Waals surface area (Å²) in [7, 11) is 0. The maximum Gasteiger partial charge on any atom is 0.0202 e. The summed E-state index contributed by atoms with van der Waals surface area (Å²) in [6.45, 7) is 2.16. The van der Waals surface area contributed by atoms with E-state index in [9.17, 15) is 0 Å². The fourth-order valence-electron chi connectivity index (χ4n) is 0.871. The lowest BCUT2D eigenvalue weighted by molar-refractivity contribution is 0.923. The van der Waals surface area contributed by atoms with E-state index in [0.717, 1.165) is 0 Å². The Labute approximate surface area is 50.0 Å². The van der Waals surface area contributed by atoms with Gasteiger partial charge in [0.25, 0.3) is 0 Å². The normalized spacial score (nSPS) is 30.6. The third kappa shape index (κ3) is 1.23. The molecule has 0 heterocycles. The van der Waals surface area contributed by atoms with Crippen LogP contribution in [-0.4, -0.2) is 5.25 Å². The minimum atomic E-state index is 0.556. The Bertz CT molecular complexity index is 94.4. The van der Waals surface area contributed by atoms with Gasteiger partial charge in [0.15, 0.2) is 0 Å². The van der Waals surface area contributed by atoms with Gasteiger partial charge in [-0.25, -0.2) is 0 Å². The molecular weight excluding hydrogens is 104 g/mol. The Balaban J connectivity index is 2.50. The second-order valence-electron chi connectivity index (χ2n) is 2.12. The molecule has 0 aromatic heterocycles. The van der Waals surface area contributed by atoms with Crippen LogP contribution in [0.2, 0.25) is 0 Å². The van der Waals surface area contributed by atoms with E-state index in [1.54, 1.807) is 0 Å². The van der Waals surface area contributed by atoms with Crippen LogP contribution in [0.25, 0.3) is 0 Å². The molecule has 0 N–H and O–H groups in total. The molecule has 1 aliphatic carbocycles. The van der Waals surface area contributed by atoms with Crippen LogP contribution in [0.1, 0.15) is 19.8 Å². The highest BCUT2D eigenvalue weighted by molar-refractivity contribution is 7.81. The number of hydrogen-bond acceptors (Lipinski definition) is 1. The maximum absolute atomic E-state index is 4.28. The van der Waals surface area contributed by atoms with Gasteiger partial charge in [-0.2, -0.15) is 12.6 Å². The Hall–Kier alpha value is 0.0900. The highest BCUT2D eigenvalue weighted by Gasteiger charge is 2.06. The highest BCUT2D eigenvalue weighted by Crippen LogP contribution is 2.20. The average Bonchev–Trinajstić information content (AvgIpc) is 1.87.